The molecule has 0 saturated carbocycles. The molecule has 0 aliphatic heterocycles. The molecule has 0 spiro atoms. The average Bonchev–Trinajstić information content (AvgIpc) is 3.06. The molecule has 0 aliphatic rings. The highest BCUT2D eigenvalue weighted by Gasteiger charge is 2.22. The van der Waals surface area contributed by atoms with Crippen molar-refractivity contribution in [3.05, 3.63) is 53.3 Å². The molecule has 24 heavy (non-hydrogen) atoms. The Kier molecular flexibility index (Phi) is 5.68. The van der Waals surface area contributed by atoms with Crippen molar-refractivity contribution in [2.24, 2.45) is 0 Å². The lowest BCUT2D eigenvalue weighted by Gasteiger charge is -2.15. The molecule has 124 valence electrons. The molecule has 7 nitrogen and oxygen atoms in total. The number of aromatic nitrogens is 2. The summed E-state index contributed by atoms with van der Waals surface area (Å²) >= 11 is 0. The Labute approximate surface area is 140 Å². The van der Waals surface area contributed by atoms with E-state index in [4.69, 9.17) is 5.26 Å². The molecule has 0 aliphatic carbocycles. The zero-order chi connectivity index (χ0) is 17.5. The van der Waals surface area contributed by atoms with Crippen LogP contribution in [0.15, 0.2) is 36.4 Å². The highest BCUT2D eigenvalue weighted by Crippen LogP contribution is 2.20. The van der Waals surface area contributed by atoms with Crippen LogP contribution in [-0.4, -0.2) is 35.2 Å². The summed E-state index contributed by atoms with van der Waals surface area (Å²) in [5.74, 6) is -0.726. The van der Waals surface area contributed by atoms with E-state index in [1.54, 1.807) is 0 Å². The van der Waals surface area contributed by atoms with Gasteiger partial charge in [0.25, 0.3) is 11.8 Å². The predicted octanol–water partition coefficient (Wildman–Crippen LogP) is 1.50. The maximum Gasteiger partial charge on any atom is 0.271 e. The zero-order valence-electron chi connectivity index (χ0n) is 13.6. The number of nitrogens with zero attached hydrogens (tertiary/aromatic N) is 3. The Balaban J connectivity index is 2.37. The van der Waals surface area contributed by atoms with E-state index in [0.717, 1.165) is 5.56 Å². The minimum atomic E-state index is -0.365. The summed E-state index contributed by atoms with van der Waals surface area (Å²) in [5.41, 5.74) is 1.42. The monoisotopic (exact) mass is 325 g/mol. The fraction of sp³-hybridized carbons (Fsp3) is 0.294. The third-order valence-electron chi connectivity index (χ3n) is 3.60. The van der Waals surface area contributed by atoms with Crippen molar-refractivity contribution in [3.8, 4) is 6.07 Å². The maximum absolute atomic E-state index is 12.4. The Morgan fingerprint density at radius 1 is 1.29 bits per heavy atom. The predicted molar refractivity (Wildman–Crippen MR) is 88.4 cm³/mol. The summed E-state index contributed by atoms with van der Waals surface area (Å²) in [4.78, 5) is 24.2. The van der Waals surface area contributed by atoms with Crippen LogP contribution in [0.4, 0.5) is 0 Å². The molecule has 0 radical (unpaired) electrons. The summed E-state index contributed by atoms with van der Waals surface area (Å²) < 4.78 is 1.53. The van der Waals surface area contributed by atoms with Crippen molar-refractivity contribution in [2.75, 3.05) is 13.6 Å². The van der Waals surface area contributed by atoms with Crippen LogP contribution in [0.5, 0.6) is 0 Å². The average molecular weight is 325 g/mol. The lowest BCUT2D eigenvalue weighted by Crippen LogP contribution is -2.28. The second kappa shape index (κ2) is 7.92. The van der Waals surface area contributed by atoms with Crippen LogP contribution in [-0.2, 0) is 0 Å². The van der Waals surface area contributed by atoms with Gasteiger partial charge in [0, 0.05) is 19.7 Å². The van der Waals surface area contributed by atoms with Crippen LogP contribution >= 0.6 is 0 Å². The summed E-state index contributed by atoms with van der Waals surface area (Å²) in [5, 5.41) is 18.0. The number of amides is 2. The van der Waals surface area contributed by atoms with Gasteiger partial charge in [-0.25, -0.2) is 0 Å². The van der Waals surface area contributed by atoms with E-state index >= 15 is 0 Å². The summed E-state index contributed by atoms with van der Waals surface area (Å²) in [6, 6.07) is 12.8. The van der Waals surface area contributed by atoms with E-state index < -0.39 is 0 Å². The van der Waals surface area contributed by atoms with Crippen molar-refractivity contribution in [3.63, 3.8) is 0 Å². The van der Waals surface area contributed by atoms with E-state index in [9.17, 15) is 9.59 Å². The van der Waals surface area contributed by atoms with E-state index in [1.807, 2.05) is 43.3 Å². The van der Waals surface area contributed by atoms with Gasteiger partial charge in [-0.05, 0) is 12.5 Å². The Morgan fingerprint density at radius 2 is 2.00 bits per heavy atom. The molecular weight excluding hydrogens is 306 g/mol. The van der Waals surface area contributed by atoms with E-state index in [1.165, 1.54) is 17.8 Å². The number of hydrogen-bond acceptors (Lipinski definition) is 4. The molecular formula is C17H19N5O2. The molecule has 0 saturated heterocycles. The molecule has 2 aromatic rings. The van der Waals surface area contributed by atoms with Gasteiger partial charge in [-0.15, -0.1) is 0 Å². The van der Waals surface area contributed by atoms with Crippen molar-refractivity contribution in [2.45, 2.75) is 19.4 Å². The van der Waals surface area contributed by atoms with Crippen molar-refractivity contribution >= 4 is 11.8 Å². The Morgan fingerprint density at radius 3 is 2.62 bits per heavy atom. The van der Waals surface area contributed by atoms with Gasteiger partial charge in [-0.3, -0.25) is 14.3 Å². The first-order valence-electron chi connectivity index (χ1n) is 7.60. The minimum absolute atomic E-state index is 0.172. The van der Waals surface area contributed by atoms with Gasteiger partial charge in [0.2, 0.25) is 0 Å². The first kappa shape index (κ1) is 17.2. The molecule has 1 aromatic heterocycles. The van der Waals surface area contributed by atoms with Gasteiger partial charge < -0.3 is 10.6 Å². The van der Waals surface area contributed by atoms with E-state index in [2.05, 4.69) is 15.7 Å². The lowest BCUT2D eigenvalue weighted by atomic mass is 10.1. The largest absolute Gasteiger partial charge is 0.354 e. The summed E-state index contributed by atoms with van der Waals surface area (Å²) in [6.45, 7) is 2.15. The van der Waals surface area contributed by atoms with Gasteiger partial charge in [-0.2, -0.15) is 10.4 Å². The quantitative estimate of drug-likeness (QED) is 0.786. The van der Waals surface area contributed by atoms with Gasteiger partial charge >= 0.3 is 0 Å². The van der Waals surface area contributed by atoms with Crippen LogP contribution in [0.25, 0.3) is 0 Å². The fourth-order valence-corrected chi connectivity index (χ4v) is 2.29. The molecule has 0 bridgehead atoms. The molecule has 2 N–H and O–H groups in total. The Hall–Kier alpha value is -3.14. The topological polar surface area (TPSA) is 99.8 Å². The molecule has 1 aromatic carbocycles. The first-order valence-corrected chi connectivity index (χ1v) is 7.60. The number of rotatable bonds is 6. The van der Waals surface area contributed by atoms with Crippen LogP contribution in [0.1, 0.15) is 45.9 Å². The maximum atomic E-state index is 12.4. The van der Waals surface area contributed by atoms with Crippen molar-refractivity contribution in [1.82, 2.24) is 20.4 Å². The van der Waals surface area contributed by atoms with Crippen molar-refractivity contribution in [1.29, 1.82) is 5.26 Å². The molecule has 7 heteroatoms. The molecule has 2 rings (SSSR count). The van der Waals surface area contributed by atoms with E-state index in [0.29, 0.717) is 0 Å². The van der Waals surface area contributed by atoms with Gasteiger partial charge in [0.05, 0.1) is 18.5 Å². The minimum Gasteiger partial charge on any atom is -0.354 e. The van der Waals surface area contributed by atoms with E-state index in [-0.39, 0.29) is 42.2 Å². The standard InChI is InChI=1S/C17H19N5O2/c1-12(13-7-4-3-5-8-13)22-15(17(24)20-10-6-9-18)11-14(21-22)16(23)19-2/h3-5,7-8,11-12H,6,10H2,1-2H3,(H,19,23)(H,20,24)/t12-/m0/s1. The number of carbonyl (C=O) groups is 2. The first-order chi connectivity index (χ1) is 11.6. The molecule has 1 atom stereocenters. The van der Waals surface area contributed by atoms with Crippen LogP contribution in [0.3, 0.4) is 0 Å². The third-order valence-corrected chi connectivity index (χ3v) is 3.60. The molecule has 1 heterocycles. The lowest BCUT2D eigenvalue weighted by molar-refractivity contribution is 0.0938. The van der Waals surface area contributed by atoms with Crippen LogP contribution in [0, 0.1) is 11.3 Å². The number of benzene rings is 1. The second-order valence-electron chi connectivity index (χ2n) is 5.19. The molecule has 0 fully saturated rings. The van der Waals surface area contributed by atoms with Crippen LogP contribution < -0.4 is 10.6 Å². The number of carbonyl (C=O) groups excluding carboxylic acids is 2. The highest BCUT2D eigenvalue weighted by atomic mass is 16.2. The Bertz CT molecular complexity index is 761. The smallest absolute Gasteiger partial charge is 0.271 e. The third kappa shape index (κ3) is 3.79. The molecule has 0 unspecified atom stereocenters. The summed E-state index contributed by atoms with van der Waals surface area (Å²) in [6.07, 6.45) is 0.219. The van der Waals surface area contributed by atoms with Gasteiger partial charge in [-0.1, -0.05) is 30.3 Å². The fourth-order valence-electron chi connectivity index (χ4n) is 2.29. The number of nitriles is 1. The van der Waals surface area contributed by atoms with Crippen LogP contribution in [0.2, 0.25) is 0 Å². The normalized spacial score (nSPS) is 11.4. The van der Waals surface area contributed by atoms with Gasteiger partial charge in [0.1, 0.15) is 5.69 Å². The summed E-state index contributed by atoms with van der Waals surface area (Å²) in [7, 11) is 1.51. The zero-order valence-corrected chi connectivity index (χ0v) is 13.6. The van der Waals surface area contributed by atoms with Crippen molar-refractivity contribution < 1.29 is 9.59 Å². The second-order valence-corrected chi connectivity index (χ2v) is 5.19. The SMILES string of the molecule is CNC(=O)c1cc(C(=O)NCCC#N)n([C@@H](C)c2ccccc2)n1. The van der Waals surface area contributed by atoms with Gasteiger partial charge in [0.15, 0.2) is 5.69 Å². The molecule has 2 amide bonds. The highest BCUT2D eigenvalue weighted by molar-refractivity contribution is 5.97. The number of nitrogens with one attached hydrogen (secondary N) is 2. The number of hydrogen-bond donors (Lipinski definition) is 2.